The van der Waals surface area contributed by atoms with Gasteiger partial charge >= 0.3 is 0 Å². The Bertz CT molecular complexity index is 1030. The maximum atomic E-state index is 12.6. The summed E-state index contributed by atoms with van der Waals surface area (Å²) in [5.41, 5.74) is 3.78. The van der Waals surface area contributed by atoms with Crippen LogP contribution < -0.4 is 4.72 Å². The van der Waals surface area contributed by atoms with E-state index in [1.54, 1.807) is 24.5 Å². The molecule has 3 rings (SSSR count). The molecule has 0 spiro atoms. The zero-order valence-electron chi connectivity index (χ0n) is 15.2. The number of pyridine rings is 1. The summed E-state index contributed by atoms with van der Waals surface area (Å²) in [6.07, 6.45) is 3.99. The fraction of sp³-hybridized carbons (Fsp3) is 0.263. The lowest BCUT2D eigenvalue weighted by Crippen LogP contribution is -2.26. The van der Waals surface area contributed by atoms with Crippen molar-refractivity contribution in [2.45, 2.75) is 31.7 Å². The van der Waals surface area contributed by atoms with Gasteiger partial charge in [0.05, 0.1) is 10.7 Å². The molecule has 8 heteroatoms. The van der Waals surface area contributed by atoms with Gasteiger partial charge in [-0.2, -0.15) is 5.10 Å². The molecule has 2 heterocycles. The van der Waals surface area contributed by atoms with Gasteiger partial charge in [-0.25, -0.2) is 13.1 Å². The second-order valence-corrected chi connectivity index (χ2v) is 8.43. The van der Waals surface area contributed by atoms with Gasteiger partial charge in [0.15, 0.2) is 0 Å². The normalized spacial score (nSPS) is 11.7. The van der Waals surface area contributed by atoms with E-state index in [1.165, 1.54) is 6.07 Å². The first kappa shape index (κ1) is 19.5. The highest BCUT2D eigenvalue weighted by Crippen LogP contribution is 2.28. The number of hydrogen-bond donors (Lipinski definition) is 1. The van der Waals surface area contributed by atoms with E-state index < -0.39 is 10.0 Å². The van der Waals surface area contributed by atoms with Gasteiger partial charge in [0.1, 0.15) is 4.90 Å². The molecule has 0 fully saturated rings. The first-order valence-electron chi connectivity index (χ1n) is 8.57. The number of benzene rings is 1. The Balaban J connectivity index is 1.65. The molecule has 0 atom stereocenters. The molecular formula is C19H21ClN4O2S. The Morgan fingerprint density at radius 1 is 1.07 bits per heavy atom. The van der Waals surface area contributed by atoms with Gasteiger partial charge in [0, 0.05) is 31.2 Å². The molecule has 0 unspecified atom stereocenters. The van der Waals surface area contributed by atoms with E-state index >= 15 is 0 Å². The van der Waals surface area contributed by atoms with Crippen LogP contribution in [0.15, 0.2) is 53.7 Å². The number of nitrogens with zero attached hydrogens (tertiary/aromatic N) is 3. The van der Waals surface area contributed by atoms with Crippen molar-refractivity contribution in [3.8, 4) is 11.1 Å². The van der Waals surface area contributed by atoms with Gasteiger partial charge < -0.3 is 0 Å². The van der Waals surface area contributed by atoms with E-state index in [0.717, 1.165) is 22.5 Å². The van der Waals surface area contributed by atoms with Crippen LogP contribution in [-0.4, -0.2) is 29.7 Å². The molecule has 1 N–H and O–H groups in total. The fourth-order valence-electron chi connectivity index (χ4n) is 2.86. The van der Waals surface area contributed by atoms with Crippen LogP contribution >= 0.6 is 11.6 Å². The summed E-state index contributed by atoms with van der Waals surface area (Å²) in [5, 5.41) is 4.56. The van der Waals surface area contributed by atoms with E-state index in [1.807, 2.05) is 36.7 Å². The third kappa shape index (κ3) is 4.74. The van der Waals surface area contributed by atoms with Crippen LogP contribution in [0.5, 0.6) is 0 Å². The minimum atomic E-state index is -3.67. The predicted molar refractivity (Wildman–Crippen MR) is 106 cm³/mol. The van der Waals surface area contributed by atoms with Crippen LogP contribution in [-0.2, 0) is 16.6 Å². The Morgan fingerprint density at radius 2 is 1.81 bits per heavy atom. The molecule has 0 saturated carbocycles. The van der Waals surface area contributed by atoms with Crippen molar-refractivity contribution < 1.29 is 8.42 Å². The van der Waals surface area contributed by atoms with Crippen LogP contribution in [0.1, 0.15) is 17.8 Å². The standard InChI is InChI=1S/C19H21ClN4O2S/c1-14-12-15(2)24(23-14)11-3-8-22-27(25,26)19-5-4-17(13-18(19)20)16-6-9-21-10-7-16/h4-7,9-10,12-13,22H,3,8,11H2,1-2H3. The van der Waals surface area contributed by atoms with E-state index in [9.17, 15) is 8.42 Å². The summed E-state index contributed by atoms with van der Waals surface area (Å²) in [6, 6.07) is 10.6. The molecule has 0 saturated heterocycles. The zero-order valence-corrected chi connectivity index (χ0v) is 16.8. The van der Waals surface area contributed by atoms with Gasteiger partial charge in [-0.1, -0.05) is 17.7 Å². The molecular weight excluding hydrogens is 384 g/mol. The van der Waals surface area contributed by atoms with Crippen LogP contribution in [0.3, 0.4) is 0 Å². The summed E-state index contributed by atoms with van der Waals surface area (Å²) in [5.74, 6) is 0. The summed E-state index contributed by atoms with van der Waals surface area (Å²) in [7, 11) is -3.67. The van der Waals surface area contributed by atoms with Gasteiger partial charge in [0.25, 0.3) is 0 Å². The highest BCUT2D eigenvalue weighted by Gasteiger charge is 2.18. The van der Waals surface area contributed by atoms with Crippen molar-refractivity contribution in [3.05, 3.63) is 65.2 Å². The molecule has 0 aliphatic rings. The van der Waals surface area contributed by atoms with Crippen molar-refractivity contribution in [1.29, 1.82) is 0 Å². The molecule has 1 aromatic carbocycles. The molecule has 142 valence electrons. The van der Waals surface area contributed by atoms with Crippen molar-refractivity contribution in [3.63, 3.8) is 0 Å². The van der Waals surface area contributed by atoms with Crippen molar-refractivity contribution in [2.75, 3.05) is 6.54 Å². The van der Waals surface area contributed by atoms with Gasteiger partial charge in [-0.15, -0.1) is 0 Å². The molecule has 0 aliphatic carbocycles. The number of rotatable bonds is 7. The Labute approximate surface area is 164 Å². The first-order valence-corrected chi connectivity index (χ1v) is 10.4. The van der Waals surface area contributed by atoms with Gasteiger partial charge in [-0.3, -0.25) is 9.67 Å². The van der Waals surface area contributed by atoms with Crippen LogP contribution in [0.4, 0.5) is 0 Å². The smallest absolute Gasteiger partial charge is 0.242 e. The van der Waals surface area contributed by atoms with Crippen molar-refractivity contribution >= 4 is 21.6 Å². The maximum Gasteiger partial charge on any atom is 0.242 e. The second kappa shape index (κ2) is 8.21. The first-order chi connectivity index (χ1) is 12.9. The summed E-state index contributed by atoms with van der Waals surface area (Å²) in [4.78, 5) is 4.05. The van der Waals surface area contributed by atoms with Gasteiger partial charge in [0.2, 0.25) is 10.0 Å². The van der Waals surface area contributed by atoms with E-state index in [0.29, 0.717) is 19.5 Å². The molecule has 0 radical (unpaired) electrons. The number of aromatic nitrogens is 3. The molecule has 0 amide bonds. The summed E-state index contributed by atoms with van der Waals surface area (Å²) < 4.78 is 29.6. The maximum absolute atomic E-state index is 12.6. The monoisotopic (exact) mass is 404 g/mol. The second-order valence-electron chi connectivity index (χ2n) is 6.28. The molecule has 0 aliphatic heterocycles. The fourth-order valence-corrected chi connectivity index (χ4v) is 4.47. The van der Waals surface area contributed by atoms with Crippen LogP contribution in [0, 0.1) is 13.8 Å². The SMILES string of the molecule is Cc1cc(C)n(CCCNS(=O)(=O)c2ccc(-c3ccncc3)cc2Cl)n1. The minimum Gasteiger partial charge on any atom is -0.270 e. The lowest BCUT2D eigenvalue weighted by molar-refractivity contribution is 0.544. The number of sulfonamides is 1. The van der Waals surface area contributed by atoms with E-state index in [4.69, 9.17) is 11.6 Å². The minimum absolute atomic E-state index is 0.0769. The Hall–Kier alpha value is -2.22. The van der Waals surface area contributed by atoms with E-state index in [2.05, 4.69) is 14.8 Å². The average molecular weight is 405 g/mol. The molecule has 0 bridgehead atoms. The van der Waals surface area contributed by atoms with Crippen molar-refractivity contribution in [2.24, 2.45) is 0 Å². The van der Waals surface area contributed by atoms with Crippen LogP contribution in [0.25, 0.3) is 11.1 Å². The number of aryl methyl sites for hydroxylation is 3. The molecule has 6 nitrogen and oxygen atoms in total. The largest absolute Gasteiger partial charge is 0.270 e. The highest BCUT2D eigenvalue weighted by molar-refractivity contribution is 7.89. The lowest BCUT2D eigenvalue weighted by Gasteiger charge is -2.10. The third-order valence-corrected chi connectivity index (χ3v) is 6.12. The molecule has 3 aromatic rings. The van der Waals surface area contributed by atoms with Crippen molar-refractivity contribution in [1.82, 2.24) is 19.5 Å². The molecule has 27 heavy (non-hydrogen) atoms. The van der Waals surface area contributed by atoms with Gasteiger partial charge in [-0.05, 0) is 61.7 Å². The predicted octanol–water partition coefficient (Wildman–Crippen LogP) is 3.58. The number of hydrogen-bond acceptors (Lipinski definition) is 4. The van der Waals surface area contributed by atoms with Crippen LogP contribution in [0.2, 0.25) is 5.02 Å². The molecule has 2 aromatic heterocycles. The van der Waals surface area contributed by atoms with E-state index in [-0.39, 0.29) is 9.92 Å². The zero-order chi connectivity index (χ0) is 19.4. The summed E-state index contributed by atoms with van der Waals surface area (Å²) in [6.45, 7) is 4.87. The Kier molecular flexibility index (Phi) is 5.94. The topological polar surface area (TPSA) is 76.9 Å². The average Bonchev–Trinajstić information content (AvgIpc) is 2.96. The quantitative estimate of drug-likeness (QED) is 0.610. The summed E-state index contributed by atoms with van der Waals surface area (Å²) >= 11 is 6.25. The Morgan fingerprint density at radius 3 is 2.44 bits per heavy atom. The highest BCUT2D eigenvalue weighted by atomic mass is 35.5. The lowest BCUT2D eigenvalue weighted by atomic mass is 10.1. The third-order valence-electron chi connectivity index (χ3n) is 4.18. The number of halogens is 1. The number of nitrogens with one attached hydrogen (secondary N) is 1.